The molecule has 0 bridgehead atoms. The second-order valence-corrected chi connectivity index (χ2v) is 3.87. The molecule has 2 aromatic rings. The fourth-order valence-corrected chi connectivity index (χ4v) is 1.96. The number of fused-ring (bicyclic) bond motifs is 1. The molecule has 0 aliphatic carbocycles. The van der Waals surface area contributed by atoms with Crippen LogP contribution in [0.3, 0.4) is 0 Å². The maximum Gasteiger partial charge on any atom is 0.123 e. The summed E-state index contributed by atoms with van der Waals surface area (Å²) in [5.74, 6) is 1.05. The monoisotopic (exact) mass is 223 g/mol. The zero-order valence-corrected chi connectivity index (χ0v) is 9.67. The maximum absolute atomic E-state index is 5.98. The first-order valence-electron chi connectivity index (χ1n) is 5.05. The van der Waals surface area contributed by atoms with Gasteiger partial charge in [0.2, 0.25) is 0 Å². The summed E-state index contributed by atoms with van der Waals surface area (Å²) in [5.41, 5.74) is 2.11. The van der Waals surface area contributed by atoms with Crippen LogP contribution in [0.5, 0.6) is 0 Å². The van der Waals surface area contributed by atoms with Gasteiger partial charge in [0, 0.05) is 11.6 Å². The Labute approximate surface area is 94.1 Å². The maximum atomic E-state index is 5.98. The highest BCUT2D eigenvalue weighted by molar-refractivity contribution is 6.31. The average molecular weight is 224 g/mol. The summed E-state index contributed by atoms with van der Waals surface area (Å²) in [4.78, 5) is 4.56. The molecule has 0 saturated carbocycles. The van der Waals surface area contributed by atoms with Crippen molar-refractivity contribution >= 4 is 22.6 Å². The van der Waals surface area contributed by atoms with Crippen molar-refractivity contribution in [3.63, 3.8) is 0 Å². The fourth-order valence-electron chi connectivity index (χ4n) is 1.79. The number of benzene rings is 1. The molecule has 15 heavy (non-hydrogen) atoms. The van der Waals surface area contributed by atoms with Crippen LogP contribution in [0.4, 0.5) is 0 Å². The van der Waals surface area contributed by atoms with Crippen LogP contribution in [0.25, 0.3) is 11.0 Å². The van der Waals surface area contributed by atoms with Gasteiger partial charge >= 0.3 is 0 Å². The molecular weight excluding hydrogens is 210 g/mol. The van der Waals surface area contributed by atoms with Gasteiger partial charge in [0.25, 0.3) is 0 Å². The minimum atomic E-state index is 0.758. The van der Waals surface area contributed by atoms with Crippen molar-refractivity contribution in [1.29, 1.82) is 0 Å². The summed E-state index contributed by atoms with van der Waals surface area (Å²) < 4.78 is 2.18. The summed E-state index contributed by atoms with van der Waals surface area (Å²) in [6.45, 7) is 3.80. The van der Waals surface area contributed by atoms with E-state index in [2.05, 4.69) is 21.8 Å². The Kier molecular flexibility index (Phi) is 2.93. The van der Waals surface area contributed by atoms with Crippen molar-refractivity contribution in [1.82, 2.24) is 14.9 Å². The molecule has 4 heteroatoms. The van der Waals surface area contributed by atoms with Gasteiger partial charge < -0.3 is 9.88 Å². The molecule has 1 aromatic carbocycles. The van der Waals surface area contributed by atoms with E-state index in [-0.39, 0.29) is 0 Å². The molecule has 2 rings (SSSR count). The normalized spacial score (nSPS) is 11.1. The summed E-state index contributed by atoms with van der Waals surface area (Å²) >= 11 is 5.98. The summed E-state index contributed by atoms with van der Waals surface area (Å²) in [5, 5.41) is 3.88. The minimum Gasteiger partial charge on any atom is -0.327 e. The first kappa shape index (κ1) is 10.5. The van der Waals surface area contributed by atoms with E-state index >= 15 is 0 Å². The number of aromatic nitrogens is 2. The lowest BCUT2D eigenvalue weighted by atomic mass is 10.3. The SMILES string of the molecule is CCn1c(CNC)nc2ccc(Cl)cc21. The Bertz CT molecular complexity index is 476. The number of hydrogen-bond donors (Lipinski definition) is 1. The average Bonchev–Trinajstić information content (AvgIpc) is 2.55. The third-order valence-electron chi connectivity index (χ3n) is 2.44. The van der Waals surface area contributed by atoms with Gasteiger partial charge in [-0.2, -0.15) is 0 Å². The molecule has 0 atom stereocenters. The van der Waals surface area contributed by atoms with Gasteiger partial charge in [-0.15, -0.1) is 0 Å². The molecule has 0 radical (unpaired) electrons. The predicted octanol–water partition coefficient (Wildman–Crippen LogP) is 2.43. The smallest absolute Gasteiger partial charge is 0.123 e. The first-order chi connectivity index (χ1) is 7.26. The minimum absolute atomic E-state index is 0.758. The zero-order valence-electron chi connectivity index (χ0n) is 8.92. The molecule has 1 N–H and O–H groups in total. The van der Waals surface area contributed by atoms with Crippen molar-refractivity contribution in [3.05, 3.63) is 29.0 Å². The molecule has 0 unspecified atom stereocenters. The van der Waals surface area contributed by atoms with E-state index in [1.807, 2.05) is 25.2 Å². The molecule has 0 fully saturated rings. The van der Waals surface area contributed by atoms with E-state index in [1.165, 1.54) is 0 Å². The van der Waals surface area contributed by atoms with E-state index < -0.39 is 0 Å². The third-order valence-corrected chi connectivity index (χ3v) is 2.68. The van der Waals surface area contributed by atoms with Crippen molar-refractivity contribution in [3.8, 4) is 0 Å². The Morgan fingerprint density at radius 1 is 1.47 bits per heavy atom. The third kappa shape index (κ3) is 1.85. The zero-order chi connectivity index (χ0) is 10.8. The van der Waals surface area contributed by atoms with Gasteiger partial charge in [-0.25, -0.2) is 4.98 Å². The van der Waals surface area contributed by atoms with E-state index in [4.69, 9.17) is 11.6 Å². The van der Waals surface area contributed by atoms with Gasteiger partial charge in [-0.1, -0.05) is 11.6 Å². The lowest BCUT2D eigenvalue weighted by Gasteiger charge is -2.04. The summed E-state index contributed by atoms with van der Waals surface area (Å²) in [6.07, 6.45) is 0. The highest BCUT2D eigenvalue weighted by atomic mass is 35.5. The Hall–Kier alpha value is -1.06. The van der Waals surface area contributed by atoms with Crippen LogP contribution in [0.2, 0.25) is 5.02 Å². The van der Waals surface area contributed by atoms with E-state index in [9.17, 15) is 0 Å². The van der Waals surface area contributed by atoms with Crippen molar-refractivity contribution < 1.29 is 0 Å². The van der Waals surface area contributed by atoms with Gasteiger partial charge in [0.05, 0.1) is 17.6 Å². The molecule has 0 spiro atoms. The van der Waals surface area contributed by atoms with E-state index in [0.29, 0.717) is 0 Å². The second kappa shape index (κ2) is 4.21. The second-order valence-electron chi connectivity index (χ2n) is 3.44. The van der Waals surface area contributed by atoms with Gasteiger partial charge in [-0.3, -0.25) is 0 Å². The van der Waals surface area contributed by atoms with E-state index in [0.717, 1.165) is 35.0 Å². The molecule has 0 amide bonds. The Morgan fingerprint density at radius 2 is 2.27 bits per heavy atom. The predicted molar refractivity (Wildman–Crippen MR) is 63.2 cm³/mol. The van der Waals surface area contributed by atoms with Gasteiger partial charge in [-0.05, 0) is 32.2 Å². The van der Waals surface area contributed by atoms with Crippen molar-refractivity contribution in [2.45, 2.75) is 20.0 Å². The quantitative estimate of drug-likeness (QED) is 0.866. The lowest BCUT2D eigenvalue weighted by Crippen LogP contribution is -2.11. The van der Waals surface area contributed by atoms with Crippen LogP contribution >= 0.6 is 11.6 Å². The molecule has 0 aliphatic heterocycles. The number of rotatable bonds is 3. The first-order valence-corrected chi connectivity index (χ1v) is 5.43. The van der Waals surface area contributed by atoms with Gasteiger partial charge in [0.1, 0.15) is 5.82 Å². The number of halogens is 1. The number of nitrogens with zero attached hydrogens (tertiary/aromatic N) is 2. The van der Waals surface area contributed by atoms with E-state index in [1.54, 1.807) is 0 Å². The number of aryl methyl sites for hydroxylation is 1. The highest BCUT2D eigenvalue weighted by Gasteiger charge is 2.08. The summed E-state index contributed by atoms with van der Waals surface area (Å²) in [7, 11) is 1.92. The molecular formula is C11H14ClN3. The van der Waals surface area contributed by atoms with Crippen LogP contribution in [0.15, 0.2) is 18.2 Å². The molecule has 0 saturated heterocycles. The van der Waals surface area contributed by atoms with Crippen LogP contribution in [0, 0.1) is 0 Å². The van der Waals surface area contributed by atoms with Crippen molar-refractivity contribution in [2.24, 2.45) is 0 Å². The Balaban J connectivity index is 2.63. The van der Waals surface area contributed by atoms with Gasteiger partial charge in [0.15, 0.2) is 0 Å². The van der Waals surface area contributed by atoms with Crippen LogP contribution in [-0.4, -0.2) is 16.6 Å². The topological polar surface area (TPSA) is 29.9 Å². The molecule has 3 nitrogen and oxygen atoms in total. The largest absolute Gasteiger partial charge is 0.327 e. The molecule has 1 heterocycles. The number of nitrogens with one attached hydrogen (secondary N) is 1. The summed E-state index contributed by atoms with van der Waals surface area (Å²) in [6, 6.07) is 5.80. The standard InChI is InChI=1S/C11H14ClN3/c1-3-15-10-6-8(12)4-5-9(10)14-11(15)7-13-2/h4-6,13H,3,7H2,1-2H3. The molecule has 0 aliphatic rings. The van der Waals surface area contributed by atoms with Crippen molar-refractivity contribution in [2.75, 3.05) is 7.05 Å². The molecule has 1 aromatic heterocycles. The Morgan fingerprint density at radius 3 is 2.93 bits per heavy atom. The van der Waals surface area contributed by atoms with Crippen LogP contribution in [0.1, 0.15) is 12.7 Å². The fraction of sp³-hybridized carbons (Fsp3) is 0.364. The van der Waals surface area contributed by atoms with Crippen LogP contribution < -0.4 is 5.32 Å². The number of imidazole rings is 1. The molecule has 80 valence electrons. The van der Waals surface area contributed by atoms with Crippen LogP contribution in [-0.2, 0) is 13.1 Å². The highest BCUT2D eigenvalue weighted by Crippen LogP contribution is 2.20. The lowest BCUT2D eigenvalue weighted by molar-refractivity contribution is 0.670. The number of hydrogen-bond acceptors (Lipinski definition) is 2.